The highest BCUT2D eigenvalue weighted by Crippen LogP contribution is 2.37. The van der Waals surface area contributed by atoms with Gasteiger partial charge < -0.3 is 5.32 Å². The molecule has 0 bridgehead atoms. The van der Waals surface area contributed by atoms with Gasteiger partial charge in [-0.3, -0.25) is 14.5 Å². The van der Waals surface area contributed by atoms with Gasteiger partial charge in [-0.15, -0.1) is 0 Å². The molecule has 1 atom stereocenters. The molecule has 5 rings (SSSR count). The summed E-state index contributed by atoms with van der Waals surface area (Å²) >= 11 is 0. The maximum atomic E-state index is 12.2. The molecule has 0 aliphatic carbocycles. The summed E-state index contributed by atoms with van der Waals surface area (Å²) in [6.45, 7) is 2.14. The predicted octanol–water partition coefficient (Wildman–Crippen LogP) is 4.82. The maximum Gasteiger partial charge on any atom is 0.224 e. The van der Waals surface area contributed by atoms with Gasteiger partial charge in [0.2, 0.25) is 5.91 Å². The summed E-state index contributed by atoms with van der Waals surface area (Å²) in [5.74, 6) is 0.400. The van der Waals surface area contributed by atoms with Crippen molar-refractivity contribution in [2.75, 3.05) is 5.32 Å². The first-order valence-electron chi connectivity index (χ1n) is 9.88. The fourth-order valence-corrected chi connectivity index (χ4v) is 4.23. The molecule has 2 aromatic heterocycles. The molecule has 1 amide bonds. The first-order valence-corrected chi connectivity index (χ1v) is 9.88. The number of benzene rings is 2. The normalized spacial score (nSPS) is 16.3. The zero-order valence-corrected chi connectivity index (χ0v) is 16.5. The second kappa shape index (κ2) is 6.85. The molecule has 4 aromatic rings. The van der Waals surface area contributed by atoms with Crippen LogP contribution >= 0.6 is 0 Å². The molecular weight excluding hydrogens is 360 g/mol. The Morgan fingerprint density at radius 1 is 1.07 bits per heavy atom. The van der Waals surface area contributed by atoms with E-state index in [1.807, 2.05) is 37.8 Å². The van der Waals surface area contributed by atoms with Gasteiger partial charge in [0.25, 0.3) is 0 Å². The lowest BCUT2D eigenvalue weighted by Crippen LogP contribution is -2.11. The van der Waals surface area contributed by atoms with Gasteiger partial charge in [0.15, 0.2) is 0 Å². The van der Waals surface area contributed by atoms with Crippen molar-refractivity contribution in [3.8, 4) is 22.4 Å². The summed E-state index contributed by atoms with van der Waals surface area (Å²) in [7, 11) is 1.91. The highest BCUT2D eigenvalue weighted by atomic mass is 16.1. The van der Waals surface area contributed by atoms with Gasteiger partial charge in [-0.05, 0) is 46.5 Å². The van der Waals surface area contributed by atoms with Crippen molar-refractivity contribution >= 4 is 22.4 Å². The van der Waals surface area contributed by atoms with Gasteiger partial charge in [0.05, 0.1) is 11.9 Å². The molecule has 3 heterocycles. The summed E-state index contributed by atoms with van der Waals surface area (Å²) in [5, 5.41) is 9.58. The third kappa shape index (κ3) is 3.18. The quantitative estimate of drug-likeness (QED) is 0.540. The number of amides is 1. The number of nitrogens with one attached hydrogen (secondary N) is 1. The summed E-state index contributed by atoms with van der Waals surface area (Å²) in [6, 6.07) is 14.6. The topological polar surface area (TPSA) is 59.8 Å². The van der Waals surface area contributed by atoms with Crippen molar-refractivity contribution in [1.82, 2.24) is 14.8 Å². The van der Waals surface area contributed by atoms with Gasteiger partial charge in [-0.2, -0.15) is 5.10 Å². The summed E-state index contributed by atoms with van der Waals surface area (Å²) in [6.07, 6.45) is 7.19. The van der Waals surface area contributed by atoms with Gasteiger partial charge in [0.1, 0.15) is 0 Å². The van der Waals surface area contributed by atoms with Crippen LogP contribution in [0.1, 0.15) is 18.9 Å². The number of pyridine rings is 1. The van der Waals surface area contributed by atoms with E-state index in [4.69, 9.17) is 4.98 Å². The van der Waals surface area contributed by atoms with Gasteiger partial charge in [-0.1, -0.05) is 37.3 Å². The van der Waals surface area contributed by atoms with Crippen LogP contribution in [-0.2, 0) is 18.3 Å². The van der Waals surface area contributed by atoms with E-state index >= 15 is 0 Å². The summed E-state index contributed by atoms with van der Waals surface area (Å²) in [4.78, 5) is 16.9. The van der Waals surface area contributed by atoms with Crippen LogP contribution in [0.5, 0.6) is 0 Å². The van der Waals surface area contributed by atoms with Crippen LogP contribution in [0, 0.1) is 5.92 Å². The van der Waals surface area contributed by atoms with E-state index in [1.165, 1.54) is 5.56 Å². The minimum atomic E-state index is 0.0918. The van der Waals surface area contributed by atoms with Crippen LogP contribution in [0.15, 0.2) is 61.1 Å². The number of anilines is 1. The highest BCUT2D eigenvalue weighted by Gasteiger charge is 2.21. The van der Waals surface area contributed by atoms with Crippen molar-refractivity contribution in [2.45, 2.75) is 19.8 Å². The first kappa shape index (κ1) is 17.6. The Hall–Kier alpha value is -3.47. The lowest BCUT2D eigenvalue weighted by atomic mass is 9.89. The molecule has 1 aliphatic heterocycles. The molecule has 29 heavy (non-hydrogen) atoms. The zero-order chi connectivity index (χ0) is 20.0. The van der Waals surface area contributed by atoms with E-state index in [1.54, 1.807) is 4.68 Å². The van der Waals surface area contributed by atoms with Gasteiger partial charge in [-0.25, -0.2) is 0 Å². The van der Waals surface area contributed by atoms with Crippen molar-refractivity contribution in [3.05, 3.63) is 66.6 Å². The molecule has 0 saturated carbocycles. The maximum absolute atomic E-state index is 12.2. The molecule has 0 saturated heterocycles. The SMILES string of the molecule is C[C@@H]1CC(=O)Nc2cccc(-c3cccc4cc(-c5cnn(C)c5)ncc34)c2C1. The summed E-state index contributed by atoms with van der Waals surface area (Å²) < 4.78 is 1.78. The highest BCUT2D eigenvalue weighted by molar-refractivity contribution is 6.00. The van der Waals surface area contributed by atoms with Crippen LogP contribution in [0.25, 0.3) is 33.2 Å². The molecule has 5 nitrogen and oxygen atoms in total. The Bertz CT molecular complexity index is 1240. The second-order valence-corrected chi connectivity index (χ2v) is 7.89. The van der Waals surface area contributed by atoms with Crippen LogP contribution < -0.4 is 5.32 Å². The third-order valence-electron chi connectivity index (χ3n) is 5.59. The Kier molecular flexibility index (Phi) is 4.16. The fourth-order valence-electron chi connectivity index (χ4n) is 4.23. The van der Waals surface area contributed by atoms with Gasteiger partial charge >= 0.3 is 0 Å². The lowest BCUT2D eigenvalue weighted by molar-refractivity contribution is -0.116. The Morgan fingerprint density at radius 2 is 1.90 bits per heavy atom. The van der Waals surface area contributed by atoms with Crippen LogP contribution in [0.4, 0.5) is 5.69 Å². The van der Waals surface area contributed by atoms with E-state index in [9.17, 15) is 4.79 Å². The monoisotopic (exact) mass is 382 g/mol. The standard InChI is InChI=1S/C24H22N4O/c1-15-9-20-18(7-4-8-22(20)27-24(29)10-15)19-6-3-5-16-11-23(25-13-21(16)19)17-12-26-28(2)14-17/h3-8,11-15H,9-10H2,1-2H3,(H,27,29)/t15-/m0/s1. The minimum Gasteiger partial charge on any atom is -0.326 e. The van der Waals surface area contributed by atoms with Crippen LogP contribution in [-0.4, -0.2) is 20.7 Å². The Morgan fingerprint density at radius 3 is 2.72 bits per heavy atom. The largest absolute Gasteiger partial charge is 0.326 e. The fraction of sp³-hybridized carbons (Fsp3) is 0.208. The van der Waals surface area contributed by atoms with Crippen LogP contribution in [0.3, 0.4) is 0 Å². The molecule has 1 N–H and O–H groups in total. The molecule has 0 fully saturated rings. The molecule has 1 aliphatic rings. The van der Waals surface area contributed by atoms with E-state index in [0.29, 0.717) is 12.3 Å². The smallest absolute Gasteiger partial charge is 0.224 e. The Balaban J connectivity index is 1.67. The second-order valence-electron chi connectivity index (χ2n) is 7.89. The van der Waals surface area contributed by atoms with E-state index < -0.39 is 0 Å². The average Bonchev–Trinajstić information content (AvgIpc) is 3.08. The number of aryl methyl sites for hydroxylation is 1. The lowest BCUT2D eigenvalue weighted by Gasteiger charge is -2.16. The number of rotatable bonds is 2. The minimum absolute atomic E-state index is 0.0918. The van der Waals surface area contributed by atoms with Crippen LogP contribution in [0.2, 0.25) is 0 Å². The zero-order valence-electron chi connectivity index (χ0n) is 16.5. The average molecular weight is 382 g/mol. The number of carbonyl (C=O) groups excluding carboxylic acids is 1. The van der Waals surface area contributed by atoms with Crippen molar-refractivity contribution < 1.29 is 4.79 Å². The number of fused-ring (bicyclic) bond motifs is 2. The van der Waals surface area contributed by atoms with E-state index in [2.05, 4.69) is 47.7 Å². The molecule has 0 spiro atoms. The number of nitrogens with zero attached hydrogens (tertiary/aromatic N) is 3. The molecular formula is C24H22N4O. The molecule has 144 valence electrons. The number of carbonyl (C=O) groups is 1. The van der Waals surface area contributed by atoms with Crippen molar-refractivity contribution in [2.24, 2.45) is 13.0 Å². The molecule has 0 unspecified atom stereocenters. The predicted molar refractivity (Wildman–Crippen MR) is 115 cm³/mol. The molecule has 5 heteroatoms. The van der Waals surface area contributed by atoms with E-state index in [0.717, 1.165) is 45.3 Å². The van der Waals surface area contributed by atoms with Gasteiger partial charge in [0, 0.05) is 42.5 Å². The number of hydrogen-bond acceptors (Lipinski definition) is 3. The van der Waals surface area contributed by atoms with Crippen molar-refractivity contribution in [1.29, 1.82) is 0 Å². The summed E-state index contributed by atoms with van der Waals surface area (Å²) in [5.41, 5.74) is 6.36. The number of aromatic nitrogens is 3. The third-order valence-corrected chi connectivity index (χ3v) is 5.59. The Labute approximate surface area is 169 Å². The van der Waals surface area contributed by atoms with E-state index in [-0.39, 0.29) is 5.91 Å². The molecule has 0 radical (unpaired) electrons. The van der Waals surface area contributed by atoms with Crippen molar-refractivity contribution in [3.63, 3.8) is 0 Å². The number of hydrogen-bond donors (Lipinski definition) is 1. The first-order chi connectivity index (χ1) is 14.1. The molecule has 2 aromatic carbocycles.